The molecule has 0 amide bonds. The van der Waals surface area contributed by atoms with Crippen molar-refractivity contribution in [3.63, 3.8) is 0 Å². The SMILES string of the molecule is CN(C)c1ccccc1C(O)(c1ccccc1C(F)(F)F)C(F)(F)F. The van der Waals surface area contributed by atoms with Gasteiger partial charge in [-0.25, -0.2) is 0 Å². The van der Waals surface area contributed by atoms with Crippen molar-refractivity contribution >= 4 is 5.69 Å². The summed E-state index contributed by atoms with van der Waals surface area (Å²) in [6.07, 6.45) is -10.4. The second-order valence-electron chi connectivity index (χ2n) is 5.66. The summed E-state index contributed by atoms with van der Waals surface area (Å²) in [5.41, 5.74) is -7.34. The van der Waals surface area contributed by atoms with E-state index in [1.165, 1.54) is 37.2 Å². The summed E-state index contributed by atoms with van der Waals surface area (Å²) in [5.74, 6) is 0. The maximum atomic E-state index is 13.9. The molecule has 1 atom stereocenters. The Morgan fingerprint density at radius 3 is 1.60 bits per heavy atom. The van der Waals surface area contributed by atoms with Crippen LogP contribution in [0.4, 0.5) is 32.0 Å². The zero-order chi connectivity index (χ0) is 19.0. The van der Waals surface area contributed by atoms with Crippen molar-refractivity contribution in [1.29, 1.82) is 0 Å². The van der Waals surface area contributed by atoms with Crippen LogP contribution in [0.3, 0.4) is 0 Å². The second-order valence-corrected chi connectivity index (χ2v) is 5.66. The van der Waals surface area contributed by atoms with Crippen molar-refractivity contribution in [3.8, 4) is 0 Å². The number of aliphatic hydroxyl groups is 1. The third-order valence-electron chi connectivity index (χ3n) is 3.81. The van der Waals surface area contributed by atoms with Crippen LogP contribution in [0.1, 0.15) is 16.7 Å². The Morgan fingerprint density at radius 1 is 0.720 bits per heavy atom. The Morgan fingerprint density at radius 2 is 1.16 bits per heavy atom. The van der Waals surface area contributed by atoms with Crippen molar-refractivity contribution in [3.05, 3.63) is 65.2 Å². The van der Waals surface area contributed by atoms with Crippen molar-refractivity contribution < 1.29 is 31.4 Å². The summed E-state index contributed by atoms with van der Waals surface area (Å²) >= 11 is 0. The molecule has 0 saturated heterocycles. The van der Waals surface area contributed by atoms with E-state index < -0.39 is 34.6 Å². The molecule has 8 heteroatoms. The van der Waals surface area contributed by atoms with Gasteiger partial charge in [-0.3, -0.25) is 0 Å². The van der Waals surface area contributed by atoms with Crippen LogP contribution in [0.2, 0.25) is 0 Å². The minimum absolute atomic E-state index is 0.0423. The predicted molar refractivity (Wildman–Crippen MR) is 81.3 cm³/mol. The molecule has 0 bridgehead atoms. The average Bonchev–Trinajstić information content (AvgIpc) is 2.52. The number of hydrogen-bond acceptors (Lipinski definition) is 2. The summed E-state index contributed by atoms with van der Waals surface area (Å²) in [4.78, 5) is 1.29. The minimum Gasteiger partial charge on any atom is -0.377 e. The molecule has 2 rings (SSSR count). The van der Waals surface area contributed by atoms with Gasteiger partial charge in [-0.1, -0.05) is 36.4 Å². The lowest BCUT2D eigenvalue weighted by Gasteiger charge is -2.35. The maximum absolute atomic E-state index is 13.9. The number of halogens is 6. The van der Waals surface area contributed by atoms with Crippen molar-refractivity contribution in [1.82, 2.24) is 0 Å². The summed E-state index contributed by atoms with van der Waals surface area (Å²) in [5, 5.41) is 10.6. The van der Waals surface area contributed by atoms with Gasteiger partial charge in [-0.05, 0) is 12.1 Å². The number of anilines is 1. The number of hydrogen-bond donors (Lipinski definition) is 1. The average molecular weight is 363 g/mol. The first-order valence-corrected chi connectivity index (χ1v) is 7.13. The summed E-state index contributed by atoms with van der Waals surface area (Å²) in [6.45, 7) is 0. The molecule has 136 valence electrons. The highest BCUT2D eigenvalue weighted by molar-refractivity contribution is 5.59. The first-order valence-electron chi connectivity index (χ1n) is 7.13. The number of benzene rings is 2. The van der Waals surface area contributed by atoms with Crippen LogP contribution in [-0.4, -0.2) is 25.4 Å². The highest BCUT2D eigenvalue weighted by Crippen LogP contribution is 2.50. The molecule has 0 radical (unpaired) electrons. The van der Waals surface area contributed by atoms with E-state index in [2.05, 4.69) is 0 Å². The van der Waals surface area contributed by atoms with Crippen LogP contribution in [0, 0.1) is 0 Å². The Bertz CT molecular complexity index is 753. The third kappa shape index (κ3) is 3.30. The summed E-state index contributed by atoms with van der Waals surface area (Å²) in [7, 11) is 2.87. The summed E-state index contributed by atoms with van der Waals surface area (Å²) < 4.78 is 81.3. The van der Waals surface area contributed by atoms with Crippen LogP contribution in [0.15, 0.2) is 48.5 Å². The summed E-state index contributed by atoms with van der Waals surface area (Å²) in [6, 6.07) is 8.09. The molecule has 0 saturated carbocycles. The third-order valence-corrected chi connectivity index (χ3v) is 3.81. The zero-order valence-corrected chi connectivity index (χ0v) is 13.3. The number of rotatable bonds is 3. The fourth-order valence-corrected chi connectivity index (χ4v) is 2.67. The minimum atomic E-state index is -5.37. The molecule has 1 unspecified atom stereocenters. The van der Waals surface area contributed by atoms with Gasteiger partial charge in [0, 0.05) is 30.9 Å². The molecule has 2 nitrogen and oxygen atoms in total. The fourth-order valence-electron chi connectivity index (χ4n) is 2.67. The van der Waals surface area contributed by atoms with Gasteiger partial charge in [-0.15, -0.1) is 0 Å². The number of para-hydroxylation sites is 1. The quantitative estimate of drug-likeness (QED) is 0.808. The lowest BCUT2D eigenvalue weighted by atomic mass is 9.81. The van der Waals surface area contributed by atoms with Crippen molar-refractivity contribution in [2.75, 3.05) is 19.0 Å². The molecular weight excluding hydrogens is 348 g/mol. The van der Waals surface area contributed by atoms with E-state index in [9.17, 15) is 31.4 Å². The van der Waals surface area contributed by atoms with Gasteiger partial charge in [0.15, 0.2) is 0 Å². The van der Waals surface area contributed by atoms with Gasteiger partial charge in [0.25, 0.3) is 0 Å². The Kier molecular flexibility index (Phi) is 4.78. The van der Waals surface area contributed by atoms with Crippen LogP contribution in [0.25, 0.3) is 0 Å². The molecule has 0 fully saturated rings. The van der Waals surface area contributed by atoms with Crippen molar-refractivity contribution in [2.24, 2.45) is 0 Å². The molecule has 0 spiro atoms. The van der Waals surface area contributed by atoms with E-state index in [-0.39, 0.29) is 5.69 Å². The van der Waals surface area contributed by atoms with Crippen LogP contribution < -0.4 is 4.90 Å². The van der Waals surface area contributed by atoms with Crippen LogP contribution >= 0.6 is 0 Å². The number of nitrogens with zero attached hydrogens (tertiary/aromatic N) is 1. The Balaban J connectivity index is 2.89. The smallest absolute Gasteiger partial charge is 0.377 e. The monoisotopic (exact) mass is 363 g/mol. The molecule has 1 N–H and O–H groups in total. The second kappa shape index (κ2) is 6.25. The molecule has 0 heterocycles. The van der Waals surface area contributed by atoms with Crippen molar-refractivity contribution in [2.45, 2.75) is 18.0 Å². The van der Waals surface area contributed by atoms with Gasteiger partial charge < -0.3 is 10.0 Å². The topological polar surface area (TPSA) is 23.5 Å². The van der Waals surface area contributed by atoms with E-state index in [0.717, 1.165) is 18.2 Å². The van der Waals surface area contributed by atoms with Gasteiger partial charge >= 0.3 is 12.4 Å². The van der Waals surface area contributed by atoms with Gasteiger partial charge in [0.1, 0.15) is 0 Å². The first kappa shape index (κ1) is 19.1. The molecule has 0 aliphatic rings. The standard InChI is InChI=1S/C17H15F6NO/c1-24(2)14-10-6-5-9-13(14)15(25,17(21,22)23)11-7-3-4-8-12(11)16(18,19)20/h3-10,25H,1-2H3. The van der Waals surface area contributed by atoms with E-state index in [1.54, 1.807) is 0 Å². The highest BCUT2D eigenvalue weighted by Gasteiger charge is 2.59. The van der Waals surface area contributed by atoms with Gasteiger partial charge in [-0.2, -0.15) is 26.3 Å². The van der Waals surface area contributed by atoms with E-state index in [1.807, 2.05) is 0 Å². The molecule has 2 aromatic rings. The molecule has 0 aromatic heterocycles. The Hall–Kier alpha value is -2.22. The zero-order valence-electron chi connectivity index (χ0n) is 13.3. The normalized spacial score (nSPS) is 14.9. The highest BCUT2D eigenvalue weighted by atomic mass is 19.4. The first-order chi connectivity index (χ1) is 11.4. The van der Waals surface area contributed by atoms with Gasteiger partial charge in [0.05, 0.1) is 5.56 Å². The van der Waals surface area contributed by atoms with Gasteiger partial charge in [0.2, 0.25) is 5.60 Å². The molecular formula is C17H15F6NO. The van der Waals surface area contributed by atoms with E-state index in [4.69, 9.17) is 0 Å². The number of alkyl halides is 6. The molecule has 0 aliphatic carbocycles. The lowest BCUT2D eigenvalue weighted by Crippen LogP contribution is -2.45. The molecule has 25 heavy (non-hydrogen) atoms. The Labute approximate surface area is 140 Å². The van der Waals surface area contributed by atoms with E-state index >= 15 is 0 Å². The lowest BCUT2D eigenvalue weighted by molar-refractivity contribution is -0.250. The largest absolute Gasteiger partial charge is 0.425 e. The molecule has 2 aromatic carbocycles. The predicted octanol–water partition coefficient (Wildman–Crippen LogP) is 4.57. The molecule has 0 aliphatic heterocycles. The van der Waals surface area contributed by atoms with Crippen LogP contribution in [-0.2, 0) is 11.8 Å². The van der Waals surface area contributed by atoms with Crippen LogP contribution in [0.5, 0.6) is 0 Å². The fraction of sp³-hybridized carbons (Fsp3) is 0.294. The van der Waals surface area contributed by atoms with E-state index in [0.29, 0.717) is 12.1 Å². The maximum Gasteiger partial charge on any atom is 0.425 e.